The van der Waals surface area contributed by atoms with Crippen LogP contribution in [0.15, 0.2) is 29.2 Å². The Hall–Kier alpha value is -0.630. The van der Waals surface area contributed by atoms with Gasteiger partial charge >= 0.3 is 0 Å². The van der Waals surface area contributed by atoms with E-state index in [1.54, 1.807) is 0 Å². The second-order valence-corrected chi connectivity index (χ2v) is 2.44. The molecule has 1 aromatic carbocycles. The van der Waals surface area contributed by atoms with E-state index in [1.165, 1.54) is 16.9 Å². The standard InChI is InChI=1S/C6H4OS/c1-3-6-4-2-5(1)7-8-6/h1-4H. The van der Waals surface area contributed by atoms with Gasteiger partial charge in [-0.25, -0.2) is 0 Å². The zero-order chi connectivity index (χ0) is 5.40. The molecule has 2 heteroatoms. The van der Waals surface area contributed by atoms with Gasteiger partial charge in [0.15, 0.2) is 0 Å². The molecule has 2 heterocycles. The van der Waals surface area contributed by atoms with Crippen molar-refractivity contribution in [3.8, 4) is 5.75 Å². The number of hydrogen-bond acceptors (Lipinski definition) is 2. The number of benzene rings is 1. The molecule has 8 heavy (non-hydrogen) atoms. The molecule has 2 aliphatic rings. The Bertz CT molecular complexity index is 169. The van der Waals surface area contributed by atoms with E-state index in [-0.39, 0.29) is 0 Å². The summed E-state index contributed by atoms with van der Waals surface area (Å²) in [6.45, 7) is 0. The Morgan fingerprint density at radius 2 is 1.88 bits per heavy atom. The van der Waals surface area contributed by atoms with Crippen LogP contribution in [-0.4, -0.2) is 0 Å². The first kappa shape index (κ1) is 4.27. The van der Waals surface area contributed by atoms with Crippen LogP contribution in [0.2, 0.25) is 0 Å². The molecule has 2 bridgehead atoms. The van der Waals surface area contributed by atoms with Crippen molar-refractivity contribution in [2.45, 2.75) is 4.90 Å². The maximum absolute atomic E-state index is 5.10. The second-order valence-electron chi connectivity index (χ2n) is 1.64. The van der Waals surface area contributed by atoms with Crippen LogP contribution in [0.25, 0.3) is 0 Å². The van der Waals surface area contributed by atoms with Crippen LogP contribution in [0, 0.1) is 0 Å². The van der Waals surface area contributed by atoms with Crippen molar-refractivity contribution >= 4 is 12.0 Å². The highest BCUT2D eigenvalue weighted by atomic mass is 32.2. The van der Waals surface area contributed by atoms with E-state index in [9.17, 15) is 0 Å². The maximum Gasteiger partial charge on any atom is 0.137 e. The van der Waals surface area contributed by atoms with Gasteiger partial charge in [-0.2, -0.15) is 0 Å². The molecule has 0 unspecified atom stereocenters. The van der Waals surface area contributed by atoms with Gasteiger partial charge in [0.05, 0.1) is 12.0 Å². The molecule has 0 aromatic heterocycles. The van der Waals surface area contributed by atoms with E-state index in [4.69, 9.17) is 4.18 Å². The van der Waals surface area contributed by atoms with E-state index in [1.807, 2.05) is 24.3 Å². The Balaban J connectivity index is 2.69. The molecule has 0 spiro atoms. The lowest BCUT2D eigenvalue weighted by atomic mass is 10.3. The summed E-state index contributed by atoms with van der Waals surface area (Å²) >= 11 is 1.42. The molecule has 0 amide bonds. The molecule has 3 rings (SSSR count). The molecular weight excluding hydrogens is 120 g/mol. The lowest BCUT2D eigenvalue weighted by Gasteiger charge is -2.09. The number of fused-ring (bicyclic) bond motifs is 3. The molecule has 0 saturated carbocycles. The maximum atomic E-state index is 5.10. The lowest BCUT2D eigenvalue weighted by Crippen LogP contribution is -1.87. The largest absolute Gasteiger partial charge is 0.421 e. The Labute approximate surface area is 51.9 Å². The van der Waals surface area contributed by atoms with Crippen LogP contribution in [0.1, 0.15) is 0 Å². The van der Waals surface area contributed by atoms with Crippen molar-refractivity contribution in [2.24, 2.45) is 0 Å². The van der Waals surface area contributed by atoms with E-state index >= 15 is 0 Å². The second kappa shape index (κ2) is 1.42. The summed E-state index contributed by atoms with van der Waals surface area (Å²) in [7, 11) is 0. The fourth-order valence-corrected chi connectivity index (χ4v) is 1.20. The highest BCUT2D eigenvalue weighted by Crippen LogP contribution is 2.30. The minimum absolute atomic E-state index is 0.949. The van der Waals surface area contributed by atoms with Gasteiger partial charge in [0, 0.05) is 4.90 Å². The molecule has 1 nitrogen and oxygen atoms in total. The van der Waals surface area contributed by atoms with Crippen molar-refractivity contribution in [1.82, 2.24) is 0 Å². The molecular formula is C6H4OS. The van der Waals surface area contributed by atoms with Gasteiger partial charge in [-0.15, -0.1) is 0 Å². The lowest BCUT2D eigenvalue weighted by molar-refractivity contribution is 0.635. The number of rotatable bonds is 0. The number of hydrogen-bond donors (Lipinski definition) is 0. The van der Waals surface area contributed by atoms with Crippen LogP contribution in [-0.2, 0) is 0 Å². The summed E-state index contributed by atoms with van der Waals surface area (Å²) in [4.78, 5) is 1.18. The minimum atomic E-state index is 0.949. The third kappa shape index (κ3) is 0.497. The van der Waals surface area contributed by atoms with Gasteiger partial charge in [0.2, 0.25) is 0 Å². The molecule has 0 aliphatic carbocycles. The third-order valence-electron chi connectivity index (χ3n) is 1.06. The van der Waals surface area contributed by atoms with Crippen molar-refractivity contribution < 1.29 is 4.18 Å². The predicted octanol–water partition coefficient (Wildman–Crippen LogP) is 2.09. The van der Waals surface area contributed by atoms with Gasteiger partial charge in [-0.3, -0.25) is 0 Å². The van der Waals surface area contributed by atoms with E-state index < -0.39 is 0 Å². The van der Waals surface area contributed by atoms with E-state index in [0.717, 1.165) is 5.75 Å². The van der Waals surface area contributed by atoms with Crippen LogP contribution < -0.4 is 4.18 Å². The molecule has 0 fully saturated rings. The smallest absolute Gasteiger partial charge is 0.137 e. The van der Waals surface area contributed by atoms with E-state index in [2.05, 4.69) is 0 Å². The first-order chi connectivity index (χ1) is 3.95. The van der Waals surface area contributed by atoms with Crippen molar-refractivity contribution in [2.75, 3.05) is 0 Å². The monoisotopic (exact) mass is 124 g/mol. The summed E-state index contributed by atoms with van der Waals surface area (Å²) in [5.41, 5.74) is 0. The summed E-state index contributed by atoms with van der Waals surface area (Å²) < 4.78 is 5.10. The van der Waals surface area contributed by atoms with Gasteiger partial charge in [0.1, 0.15) is 5.75 Å². The quantitative estimate of drug-likeness (QED) is 0.490. The molecule has 0 atom stereocenters. The van der Waals surface area contributed by atoms with Gasteiger partial charge in [-0.05, 0) is 24.3 Å². The molecule has 40 valence electrons. The normalized spacial score (nSPS) is 13.5. The van der Waals surface area contributed by atoms with Gasteiger partial charge < -0.3 is 4.18 Å². The zero-order valence-electron chi connectivity index (χ0n) is 4.13. The topological polar surface area (TPSA) is 9.23 Å². The summed E-state index contributed by atoms with van der Waals surface area (Å²) in [6.07, 6.45) is 0. The first-order valence-corrected chi connectivity index (χ1v) is 3.14. The Kier molecular flexibility index (Phi) is 0.758. The van der Waals surface area contributed by atoms with Crippen LogP contribution in [0.4, 0.5) is 0 Å². The van der Waals surface area contributed by atoms with E-state index in [0.29, 0.717) is 0 Å². The SMILES string of the molecule is c1cc2ccc1OS2. The first-order valence-electron chi connectivity index (χ1n) is 2.40. The summed E-state index contributed by atoms with van der Waals surface area (Å²) in [5, 5.41) is 0. The third-order valence-corrected chi connectivity index (χ3v) is 1.80. The average molecular weight is 124 g/mol. The molecule has 1 aromatic rings. The van der Waals surface area contributed by atoms with Crippen LogP contribution in [0.5, 0.6) is 5.75 Å². The fourth-order valence-electron chi connectivity index (χ4n) is 0.647. The van der Waals surface area contributed by atoms with Crippen molar-refractivity contribution in [3.63, 3.8) is 0 Å². The highest BCUT2D eigenvalue weighted by molar-refractivity contribution is 7.95. The predicted molar refractivity (Wildman–Crippen MR) is 32.9 cm³/mol. The fraction of sp³-hybridized carbons (Fsp3) is 0. The molecule has 0 radical (unpaired) electrons. The van der Waals surface area contributed by atoms with Crippen LogP contribution in [0.3, 0.4) is 0 Å². The summed E-state index contributed by atoms with van der Waals surface area (Å²) in [5.74, 6) is 0.949. The van der Waals surface area contributed by atoms with Gasteiger partial charge in [-0.1, -0.05) is 0 Å². The highest BCUT2D eigenvalue weighted by Gasteiger charge is 2.03. The minimum Gasteiger partial charge on any atom is -0.421 e. The van der Waals surface area contributed by atoms with Crippen molar-refractivity contribution in [3.05, 3.63) is 24.3 Å². The molecule has 2 aliphatic heterocycles. The van der Waals surface area contributed by atoms with Crippen molar-refractivity contribution in [1.29, 1.82) is 0 Å². The zero-order valence-corrected chi connectivity index (χ0v) is 4.94. The molecule has 0 N–H and O–H groups in total. The van der Waals surface area contributed by atoms with Crippen LogP contribution >= 0.6 is 12.0 Å². The molecule has 0 saturated heterocycles. The summed E-state index contributed by atoms with van der Waals surface area (Å²) in [6, 6.07) is 8.02. The average Bonchev–Trinajstić information content (AvgIpc) is 1.92. The Morgan fingerprint density at radius 1 is 1.12 bits per heavy atom. The van der Waals surface area contributed by atoms with Gasteiger partial charge in [0.25, 0.3) is 0 Å². The Morgan fingerprint density at radius 3 is 2.00 bits per heavy atom.